The Hall–Kier alpha value is -2.85. The summed E-state index contributed by atoms with van der Waals surface area (Å²) in [5.74, 6) is -1.27. The molecular weight excluding hydrogens is 352 g/mol. The van der Waals surface area contributed by atoms with E-state index in [9.17, 15) is 26.3 Å². The van der Waals surface area contributed by atoms with Crippen molar-refractivity contribution < 1.29 is 31.3 Å². The van der Waals surface area contributed by atoms with E-state index < -0.39 is 29.7 Å². The molecule has 0 aliphatic heterocycles. The Kier molecular flexibility index (Phi) is 4.86. The number of guanidine groups is 1. The first-order valence-electron chi connectivity index (χ1n) is 6.72. The third-order valence-corrected chi connectivity index (χ3v) is 2.85. The predicted molar refractivity (Wildman–Crippen MR) is 76.7 cm³/mol. The average molecular weight is 364 g/mol. The maximum atomic E-state index is 12.7. The van der Waals surface area contributed by atoms with Gasteiger partial charge in [-0.2, -0.15) is 26.3 Å². The normalized spacial score (nSPS) is 13.0. The molecular formula is C14H12F6N5+. The zero-order valence-electron chi connectivity index (χ0n) is 12.6. The second-order valence-electron chi connectivity index (χ2n) is 4.99. The van der Waals surface area contributed by atoms with Gasteiger partial charge >= 0.3 is 18.3 Å². The molecule has 5 nitrogen and oxygen atoms in total. The number of aromatic nitrogens is 2. The first-order valence-corrected chi connectivity index (χ1v) is 6.72. The van der Waals surface area contributed by atoms with Gasteiger partial charge in [0.25, 0.3) is 5.96 Å². The van der Waals surface area contributed by atoms with Crippen LogP contribution in [0.4, 0.5) is 38.0 Å². The van der Waals surface area contributed by atoms with E-state index in [1.807, 2.05) is 0 Å². The number of halogens is 6. The van der Waals surface area contributed by atoms with Crippen LogP contribution in [0.1, 0.15) is 17.0 Å². The topological polar surface area (TPSA) is 77.8 Å². The minimum atomic E-state index is -5.07. The molecule has 25 heavy (non-hydrogen) atoms. The molecule has 2 aromatic rings. The second kappa shape index (κ2) is 6.57. The Morgan fingerprint density at radius 2 is 1.56 bits per heavy atom. The van der Waals surface area contributed by atoms with Crippen LogP contribution in [0.3, 0.4) is 0 Å². The maximum absolute atomic E-state index is 12.7. The summed E-state index contributed by atoms with van der Waals surface area (Å²) in [6.07, 6.45) is -10.1. The van der Waals surface area contributed by atoms with E-state index in [-0.39, 0.29) is 12.0 Å². The second-order valence-corrected chi connectivity index (χ2v) is 4.99. The minimum absolute atomic E-state index is 0.171. The van der Waals surface area contributed by atoms with Crippen molar-refractivity contribution in [1.82, 2.24) is 9.97 Å². The first kappa shape index (κ1) is 18.5. The fourth-order valence-electron chi connectivity index (χ4n) is 1.82. The highest BCUT2D eigenvalue weighted by molar-refractivity contribution is 5.88. The van der Waals surface area contributed by atoms with Crippen molar-refractivity contribution in [1.29, 1.82) is 0 Å². The Morgan fingerprint density at radius 1 is 1.00 bits per heavy atom. The Morgan fingerprint density at radius 3 is 2.04 bits per heavy atom. The summed E-state index contributed by atoms with van der Waals surface area (Å²) in [5.41, 5.74) is 3.43. The molecule has 0 aliphatic carbocycles. The Balaban J connectivity index is 2.40. The zero-order valence-corrected chi connectivity index (χ0v) is 12.6. The Bertz CT molecular complexity index is 765. The number of nitrogens with two attached hydrogens (primary N) is 1. The van der Waals surface area contributed by atoms with Crippen LogP contribution in [0.2, 0.25) is 0 Å². The number of benzene rings is 1. The molecule has 2 rings (SSSR count). The van der Waals surface area contributed by atoms with Crippen LogP contribution in [0.25, 0.3) is 0 Å². The number of hydrogen-bond acceptors (Lipinski definition) is 2. The van der Waals surface area contributed by atoms with Crippen molar-refractivity contribution in [2.45, 2.75) is 19.3 Å². The lowest BCUT2D eigenvalue weighted by Crippen LogP contribution is -2.72. The van der Waals surface area contributed by atoms with E-state index in [1.165, 1.54) is 0 Å². The van der Waals surface area contributed by atoms with Gasteiger partial charge in [-0.1, -0.05) is 12.1 Å². The molecule has 1 aromatic heterocycles. The zero-order chi connectivity index (χ0) is 18.8. The largest absolute Gasteiger partial charge is 0.443 e. The summed E-state index contributed by atoms with van der Waals surface area (Å²) in [6, 6.07) is 6.58. The monoisotopic (exact) mass is 364 g/mol. The van der Waals surface area contributed by atoms with E-state index in [0.717, 1.165) is 5.56 Å². The van der Waals surface area contributed by atoms with Gasteiger partial charge < -0.3 is 5.73 Å². The van der Waals surface area contributed by atoms with Crippen LogP contribution in [0.15, 0.2) is 30.3 Å². The van der Waals surface area contributed by atoms with Gasteiger partial charge in [0.15, 0.2) is 11.4 Å². The SMILES string of the molecule is Cc1cccc(NC(N)=[NH+]c2nc(C(F)(F)F)cc(C(F)(F)F)n2)c1. The first-order chi connectivity index (χ1) is 11.4. The van der Waals surface area contributed by atoms with E-state index in [0.29, 0.717) is 5.69 Å². The fourth-order valence-corrected chi connectivity index (χ4v) is 1.82. The molecule has 1 heterocycles. The molecule has 11 heteroatoms. The number of aryl methyl sites for hydroxylation is 1. The molecule has 0 aliphatic rings. The lowest BCUT2D eigenvalue weighted by molar-refractivity contribution is -0.366. The van der Waals surface area contributed by atoms with Gasteiger partial charge in [0.2, 0.25) is 0 Å². The quantitative estimate of drug-likeness (QED) is 0.433. The van der Waals surface area contributed by atoms with Crippen molar-refractivity contribution in [3.63, 3.8) is 0 Å². The molecule has 0 spiro atoms. The van der Waals surface area contributed by atoms with Crippen LogP contribution in [0, 0.1) is 6.92 Å². The molecule has 0 saturated carbocycles. The number of nitrogens with zero attached hydrogens (tertiary/aromatic N) is 2. The fraction of sp³-hybridized carbons (Fsp3) is 0.214. The lowest BCUT2D eigenvalue weighted by atomic mass is 10.2. The maximum Gasteiger partial charge on any atom is 0.443 e. The molecule has 0 radical (unpaired) electrons. The summed E-state index contributed by atoms with van der Waals surface area (Å²) in [5, 5.41) is 2.59. The number of alkyl halides is 6. The highest BCUT2D eigenvalue weighted by Crippen LogP contribution is 2.33. The highest BCUT2D eigenvalue weighted by Gasteiger charge is 2.42. The van der Waals surface area contributed by atoms with Crippen LogP contribution in [-0.2, 0) is 12.4 Å². The van der Waals surface area contributed by atoms with Gasteiger partial charge in [0.05, 0.1) is 5.69 Å². The molecule has 1 aromatic carbocycles. The van der Waals surface area contributed by atoms with Crippen LogP contribution >= 0.6 is 0 Å². The van der Waals surface area contributed by atoms with E-state index in [2.05, 4.69) is 20.3 Å². The van der Waals surface area contributed by atoms with Gasteiger partial charge in [-0.25, -0.2) is 4.99 Å². The molecule has 0 bridgehead atoms. The molecule has 0 unspecified atom stereocenters. The number of anilines is 1. The standard InChI is InChI=1S/C14H11F6N5/c1-7-3-2-4-8(5-7)22-11(21)25-12-23-9(13(15,16)17)6-10(24-12)14(18,19)20/h2-6H,1H3,(H3,21,22,23,24,25)/p+1. The number of nitrogens with one attached hydrogen (secondary N) is 2. The van der Waals surface area contributed by atoms with Crippen molar-refractivity contribution >= 4 is 17.6 Å². The van der Waals surface area contributed by atoms with Crippen LogP contribution in [-0.4, -0.2) is 15.9 Å². The third kappa shape index (κ3) is 5.06. The smallest absolute Gasteiger partial charge is 0.322 e. The van der Waals surface area contributed by atoms with E-state index in [4.69, 9.17) is 5.73 Å². The summed E-state index contributed by atoms with van der Waals surface area (Å²) in [7, 11) is 0. The summed E-state index contributed by atoms with van der Waals surface area (Å²) < 4.78 is 76.4. The molecule has 0 amide bonds. The number of rotatable bonds is 2. The van der Waals surface area contributed by atoms with Crippen LogP contribution < -0.4 is 16.0 Å². The third-order valence-electron chi connectivity index (χ3n) is 2.85. The molecule has 0 atom stereocenters. The van der Waals surface area contributed by atoms with Crippen molar-refractivity contribution in [3.05, 3.63) is 47.3 Å². The van der Waals surface area contributed by atoms with Gasteiger partial charge in [-0.15, -0.1) is 9.97 Å². The number of hydrogen-bond donors (Lipinski definition) is 3. The lowest BCUT2D eigenvalue weighted by Gasteiger charge is -2.08. The van der Waals surface area contributed by atoms with E-state index >= 15 is 0 Å². The van der Waals surface area contributed by atoms with Crippen molar-refractivity contribution in [2.75, 3.05) is 5.32 Å². The van der Waals surface area contributed by atoms with Crippen LogP contribution in [0.5, 0.6) is 0 Å². The van der Waals surface area contributed by atoms with Gasteiger partial charge in [-0.3, -0.25) is 5.32 Å². The van der Waals surface area contributed by atoms with Gasteiger partial charge in [0.1, 0.15) is 0 Å². The molecule has 134 valence electrons. The van der Waals surface area contributed by atoms with Gasteiger partial charge in [0, 0.05) is 6.07 Å². The molecule has 0 saturated heterocycles. The predicted octanol–water partition coefficient (Wildman–Crippen LogP) is 1.96. The minimum Gasteiger partial charge on any atom is -0.322 e. The highest BCUT2D eigenvalue weighted by atomic mass is 19.4. The Labute approximate surface area is 137 Å². The van der Waals surface area contributed by atoms with E-state index in [1.54, 1.807) is 31.2 Å². The van der Waals surface area contributed by atoms with Gasteiger partial charge in [-0.05, 0) is 24.6 Å². The van der Waals surface area contributed by atoms with Crippen molar-refractivity contribution in [3.8, 4) is 0 Å². The summed E-state index contributed by atoms with van der Waals surface area (Å²) >= 11 is 0. The summed E-state index contributed by atoms with van der Waals surface area (Å²) in [4.78, 5) is 8.15. The summed E-state index contributed by atoms with van der Waals surface area (Å²) in [6.45, 7) is 1.79. The molecule has 0 fully saturated rings. The average Bonchev–Trinajstić information content (AvgIpc) is 2.44. The molecule has 4 N–H and O–H groups in total. The van der Waals surface area contributed by atoms with Crippen molar-refractivity contribution in [2.24, 2.45) is 5.73 Å².